The molecule has 4 heteroatoms. The molecule has 0 bridgehead atoms. The molecule has 1 nitrogen and oxygen atoms in total. The molecule has 0 saturated heterocycles. The van der Waals surface area contributed by atoms with E-state index in [1.54, 1.807) is 37.3 Å². The average molecular weight is 330 g/mol. The van der Waals surface area contributed by atoms with E-state index in [0.717, 1.165) is 4.47 Å². The van der Waals surface area contributed by atoms with Crippen LogP contribution in [0.4, 0.5) is 4.39 Å². The molecule has 2 aromatic rings. The average Bonchev–Trinajstić information content (AvgIpc) is 2.32. The second-order valence-electron chi connectivity index (χ2n) is 4.08. The maximum Gasteiger partial charge on any atom is 0.126 e. The summed E-state index contributed by atoms with van der Waals surface area (Å²) in [5.41, 5.74) is 1.60. The topological polar surface area (TPSA) is 20.2 Å². The Morgan fingerprint density at radius 1 is 1.22 bits per heavy atom. The zero-order valence-corrected chi connectivity index (χ0v) is 12.0. The summed E-state index contributed by atoms with van der Waals surface area (Å²) in [4.78, 5) is 0. The molecule has 18 heavy (non-hydrogen) atoms. The summed E-state index contributed by atoms with van der Waals surface area (Å²) in [6.45, 7) is 1.68. The highest BCUT2D eigenvalue weighted by atomic mass is 79.9. The quantitative estimate of drug-likeness (QED) is 0.851. The Labute approximate surface area is 118 Å². The molecule has 0 aromatic heterocycles. The Morgan fingerprint density at radius 2 is 1.94 bits per heavy atom. The zero-order chi connectivity index (χ0) is 13.3. The van der Waals surface area contributed by atoms with Crippen LogP contribution in [0.3, 0.4) is 0 Å². The fraction of sp³-hybridized carbons (Fsp3) is 0.143. The summed E-state index contributed by atoms with van der Waals surface area (Å²) >= 11 is 9.36. The number of hydrogen-bond donors (Lipinski definition) is 1. The Morgan fingerprint density at radius 3 is 2.56 bits per heavy atom. The van der Waals surface area contributed by atoms with Crippen LogP contribution in [0.25, 0.3) is 0 Å². The van der Waals surface area contributed by atoms with Crippen LogP contribution in [0.15, 0.2) is 40.9 Å². The van der Waals surface area contributed by atoms with Crippen molar-refractivity contribution in [3.05, 3.63) is 68.4 Å². The van der Waals surface area contributed by atoms with E-state index >= 15 is 0 Å². The van der Waals surface area contributed by atoms with Crippen molar-refractivity contribution in [2.75, 3.05) is 0 Å². The zero-order valence-electron chi connectivity index (χ0n) is 9.62. The van der Waals surface area contributed by atoms with Crippen molar-refractivity contribution in [1.29, 1.82) is 0 Å². The third-order valence-corrected chi connectivity index (χ3v) is 3.59. The third-order valence-electron chi connectivity index (χ3n) is 2.77. The molecule has 0 fully saturated rings. The minimum Gasteiger partial charge on any atom is -0.384 e. The summed E-state index contributed by atoms with van der Waals surface area (Å²) in [5, 5.41) is 10.7. The SMILES string of the molecule is Cc1ccc(C(O)c2ccc(Br)cc2Cl)cc1F. The highest BCUT2D eigenvalue weighted by molar-refractivity contribution is 9.10. The van der Waals surface area contributed by atoms with Crippen LogP contribution in [0.5, 0.6) is 0 Å². The van der Waals surface area contributed by atoms with E-state index in [0.29, 0.717) is 21.7 Å². The van der Waals surface area contributed by atoms with Crippen LogP contribution in [-0.2, 0) is 0 Å². The minimum absolute atomic E-state index is 0.334. The number of aliphatic hydroxyl groups is 1. The molecule has 0 radical (unpaired) electrons. The first-order chi connectivity index (χ1) is 8.49. The lowest BCUT2D eigenvalue weighted by atomic mass is 10.0. The number of aliphatic hydroxyl groups excluding tert-OH is 1. The lowest BCUT2D eigenvalue weighted by Crippen LogP contribution is -2.01. The van der Waals surface area contributed by atoms with Gasteiger partial charge in [-0.1, -0.05) is 45.7 Å². The molecule has 0 aliphatic heterocycles. The van der Waals surface area contributed by atoms with Crippen LogP contribution in [-0.4, -0.2) is 5.11 Å². The lowest BCUT2D eigenvalue weighted by molar-refractivity contribution is 0.220. The van der Waals surface area contributed by atoms with Gasteiger partial charge in [0.1, 0.15) is 11.9 Å². The maximum absolute atomic E-state index is 13.5. The normalized spacial score (nSPS) is 12.5. The van der Waals surface area contributed by atoms with Crippen molar-refractivity contribution in [1.82, 2.24) is 0 Å². The van der Waals surface area contributed by atoms with Crippen LogP contribution < -0.4 is 0 Å². The van der Waals surface area contributed by atoms with Gasteiger partial charge in [-0.2, -0.15) is 0 Å². The molecule has 0 aliphatic carbocycles. The molecule has 0 heterocycles. The standard InChI is InChI=1S/C14H11BrClFO/c1-8-2-3-9(6-13(8)17)14(18)11-5-4-10(15)7-12(11)16/h2-7,14,18H,1H3. The highest BCUT2D eigenvalue weighted by Crippen LogP contribution is 2.31. The molecule has 0 aliphatic rings. The monoisotopic (exact) mass is 328 g/mol. The van der Waals surface area contributed by atoms with Crippen LogP contribution in [0.1, 0.15) is 22.8 Å². The van der Waals surface area contributed by atoms with Gasteiger partial charge < -0.3 is 5.11 Å². The van der Waals surface area contributed by atoms with E-state index in [1.165, 1.54) is 6.07 Å². The first-order valence-corrected chi connectivity index (χ1v) is 6.55. The Balaban J connectivity index is 2.41. The Kier molecular flexibility index (Phi) is 4.05. The molecule has 0 spiro atoms. The van der Waals surface area contributed by atoms with E-state index < -0.39 is 6.10 Å². The highest BCUT2D eigenvalue weighted by Gasteiger charge is 2.15. The molecule has 2 rings (SSSR count). The number of benzene rings is 2. The van der Waals surface area contributed by atoms with E-state index in [9.17, 15) is 9.50 Å². The third kappa shape index (κ3) is 2.74. The Hall–Kier alpha value is -0.900. The summed E-state index contributed by atoms with van der Waals surface area (Å²) in [6, 6.07) is 9.87. The largest absolute Gasteiger partial charge is 0.384 e. The first-order valence-electron chi connectivity index (χ1n) is 5.38. The molecule has 1 unspecified atom stereocenters. The predicted molar refractivity (Wildman–Crippen MR) is 74.4 cm³/mol. The van der Waals surface area contributed by atoms with Crippen molar-refractivity contribution < 1.29 is 9.50 Å². The molecule has 0 saturated carbocycles. The number of hydrogen-bond acceptors (Lipinski definition) is 1. The first kappa shape index (κ1) is 13.5. The van der Waals surface area contributed by atoms with E-state index in [-0.39, 0.29) is 5.82 Å². The van der Waals surface area contributed by atoms with Crippen molar-refractivity contribution in [2.24, 2.45) is 0 Å². The van der Waals surface area contributed by atoms with Gasteiger partial charge in [0.2, 0.25) is 0 Å². The molecular weight excluding hydrogens is 319 g/mol. The number of rotatable bonds is 2. The second-order valence-corrected chi connectivity index (χ2v) is 5.40. The number of halogens is 3. The van der Waals surface area contributed by atoms with Gasteiger partial charge in [-0.05, 0) is 36.2 Å². The van der Waals surface area contributed by atoms with Gasteiger partial charge in [0, 0.05) is 15.1 Å². The summed E-state index contributed by atoms with van der Waals surface area (Å²) < 4.78 is 14.3. The second kappa shape index (κ2) is 5.39. The van der Waals surface area contributed by atoms with Crippen LogP contribution in [0.2, 0.25) is 5.02 Å². The van der Waals surface area contributed by atoms with E-state index in [2.05, 4.69) is 15.9 Å². The Bertz CT molecular complexity index is 586. The molecule has 0 amide bonds. The smallest absolute Gasteiger partial charge is 0.126 e. The van der Waals surface area contributed by atoms with Crippen molar-refractivity contribution in [2.45, 2.75) is 13.0 Å². The van der Waals surface area contributed by atoms with Gasteiger partial charge >= 0.3 is 0 Å². The van der Waals surface area contributed by atoms with Crippen LogP contribution in [0, 0.1) is 12.7 Å². The van der Waals surface area contributed by atoms with Gasteiger partial charge in [-0.25, -0.2) is 4.39 Å². The minimum atomic E-state index is -0.930. The molecule has 94 valence electrons. The van der Waals surface area contributed by atoms with Crippen molar-refractivity contribution >= 4 is 27.5 Å². The molecular formula is C14H11BrClFO. The predicted octanol–water partition coefficient (Wildman–Crippen LogP) is 4.63. The van der Waals surface area contributed by atoms with E-state index in [1.807, 2.05) is 0 Å². The number of aryl methyl sites for hydroxylation is 1. The van der Waals surface area contributed by atoms with Gasteiger partial charge in [0.15, 0.2) is 0 Å². The lowest BCUT2D eigenvalue weighted by Gasteiger charge is -2.14. The molecule has 1 N–H and O–H groups in total. The summed E-state index contributed by atoms with van der Waals surface area (Å²) in [7, 11) is 0. The maximum atomic E-state index is 13.5. The van der Waals surface area contributed by atoms with Gasteiger partial charge in [-0.15, -0.1) is 0 Å². The van der Waals surface area contributed by atoms with Crippen molar-refractivity contribution in [3.63, 3.8) is 0 Å². The molecule has 1 atom stereocenters. The summed E-state index contributed by atoms with van der Waals surface area (Å²) in [6.07, 6.45) is -0.930. The van der Waals surface area contributed by atoms with Crippen molar-refractivity contribution in [3.8, 4) is 0 Å². The van der Waals surface area contributed by atoms with Crippen LogP contribution >= 0.6 is 27.5 Å². The van der Waals surface area contributed by atoms with Gasteiger partial charge in [0.25, 0.3) is 0 Å². The van der Waals surface area contributed by atoms with Gasteiger partial charge in [-0.3, -0.25) is 0 Å². The fourth-order valence-electron chi connectivity index (χ4n) is 1.68. The summed E-state index contributed by atoms with van der Waals surface area (Å²) in [5.74, 6) is -0.334. The van der Waals surface area contributed by atoms with E-state index in [4.69, 9.17) is 11.6 Å². The van der Waals surface area contributed by atoms with Gasteiger partial charge in [0.05, 0.1) is 0 Å². The fourth-order valence-corrected chi connectivity index (χ4v) is 2.46. The molecule has 2 aromatic carbocycles.